The predicted octanol–water partition coefficient (Wildman–Crippen LogP) is 4.50. The minimum Gasteiger partial charge on any atom is -0.338 e. The van der Waals surface area contributed by atoms with Crippen LogP contribution in [0.1, 0.15) is 27.5 Å². The second-order valence-electron chi connectivity index (χ2n) is 7.36. The van der Waals surface area contributed by atoms with Crippen molar-refractivity contribution in [2.75, 3.05) is 25.0 Å². The lowest BCUT2D eigenvalue weighted by Crippen LogP contribution is -2.53. The lowest BCUT2D eigenvalue weighted by Gasteiger charge is -2.42. The van der Waals surface area contributed by atoms with Crippen LogP contribution in [-0.4, -0.2) is 41.3 Å². The van der Waals surface area contributed by atoms with Gasteiger partial charge in [0.2, 0.25) is 12.2 Å². The van der Waals surface area contributed by atoms with E-state index in [2.05, 4.69) is 10.3 Å². The molecule has 0 saturated carbocycles. The monoisotopic (exact) mass is 429 g/mol. The van der Waals surface area contributed by atoms with Crippen LogP contribution < -0.4 is 5.32 Å². The van der Waals surface area contributed by atoms with Crippen molar-refractivity contribution in [2.24, 2.45) is 4.99 Å². The molecular formula is C24H23N5OS. The number of carbonyl (C=O) groups is 1. The van der Waals surface area contributed by atoms with E-state index in [9.17, 15) is 10.1 Å². The van der Waals surface area contributed by atoms with E-state index in [1.807, 2.05) is 94.3 Å². The third kappa shape index (κ3) is 4.60. The number of nitrogens with one attached hydrogen (secondary N) is 1. The van der Waals surface area contributed by atoms with Gasteiger partial charge in [0.15, 0.2) is 0 Å². The molecule has 1 N–H and O–H groups in total. The van der Waals surface area contributed by atoms with E-state index in [0.717, 1.165) is 16.8 Å². The first-order chi connectivity index (χ1) is 15.2. The summed E-state index contributed by atoms with van der Waals surface area (Å²) in [6.45, 7) is 3.67. The summed E-state index contributed by atoms with van der Waals surface area (Å²) in [6.07, 6.45) is 1.92. The second-order valence-corrected chi connectivity index (χ2v) is 8.14. The molecule has 1 unspecified atom stereocenters. The summed E-state index contributed by atoms with van der Waals surface area (Å²) in [6, 6.07) is 19.6. The number of benzene rings is 2. The van der Waals surface area contributed by atoms with Crippen molar-refractivity contribution >= 4 is 28.9 Å². The zero-order chi connectivity index (χ0) is 21.6. The number of aryl methyl sites for hydroxylation is 1. The van der Waals surface area contributed by atoms with Gasteiger partial charge in [-0.2, -0.15) is 16.6 Å². The molecule has 1 amide bonds. The van der Waals surface area contributed by atoms with Gasteiger partial charge in [-0.1, -0.05) is 48.5 Å². The number of carbonyl (C=O) groups excluding carboxylic acids is 1. The van der Waals surface area contributed by atoms with Crippen LogP contribution >= 0.6 is 11.3 Å². The number of nitriles is 1. The zero-order valence-electron chi connectivity index (χ0n) is 17.2. The highest BCUT2D eigenvalue weighted by Gasteiger charge is 2.33. The first-order valence-electron chi connectivity index (χ1n) is 10.1. The molecule has 0 radical (unpaired) electrons. The van der Waals surface area contributed by atoms with Crippen molar-refractivity contribution in [1.29, 1.82) is 5.26 Å². The Morgan fingerprint density at radius 2 is 1.90 bits per heavy atom. The Morgan fingerprint density at radius 3 is 2.61 bits per heavy atom. The van der Waals surface area contributed by atoms with Gasteiger partial charge in [-0.3, -0.25) is 4.79 Å². The highest BCUT2D eigenvalue weighted by molar-refractivity contribution is 7.08. The molecule has 1 atom stereocenters. The predicted molar refractivity (Wildman–Crippen MR) is 124 cm³/mol. The Morgan fingerprint density at radius 1 is 1.13 bits per heavy atom. The molecule has 0 aliphatic carbocycles. The molecule has 1 saturated heterocycles. The molecule has 6 nitrogen and oxygen atoms in total. The summed E-state index contributed by atoms with van der Waals surface area (Å²) < 4.78 is 0. The van der Waals surface area contributed by atoms with Crippen LogP contribution in [0.2, 0.25) is 0 Å². The lowest BCUT2D eigenvalue weighted by atomic mass is 10.0. The molecule has 0 spiro atoms. The average molecular weight is 430 g/mol. The summed E-state index contributed by atoms with van der Waals surface area (Å²) in [5.41, 5.74) is 3.75. The van der Waals surface area contributed by atoms with Gasteiger partial charge in [0.05, 0.1) is 11.6 Å². The fourth-order valence-electron chi connectivity index (χ4n) is 3.79. The van der Waals surface area contributed by atoms with Crippen LogP contribution in [-0.2, 0) is 0 Å². The topological polar surface area (TPSA) is 71.7 Å². The number of aliphatic imine (C=N–C) groups is 1. The average Bonchev–Trinajstić information content (AvgIpc) is 3.35. The summed E-state index contributed by atoms with van der Waals surface area (Å²) in [5.74, 6) is 0.528. The van der Waals surface area contributed by atoms with Gasteiger partial charge >= 0.3 is 0 Å². The van der Waals surface area contributed by atoms with Crippen molar-refractivity contribution in [2.45, 2.75) is 13.0 Å². The number of anilines is 1. The minimum atomic E-state index is -0.148. The van der Waals surface area contributed by atoms with E-state index < -0.39 is 0 Å². The molecule has 1 aliphatic rings. The van der Waals surface area contributed by atoms with Crippen molar-refractivity contribution < 1.29 is 4.79 Å². The molecule has 7 heteroatoms. The van der Waals surface area contributed by atoms with Gasteiger partial charge in [-0.25, -0.2) is 0 Å². The van der Waals surface area contributed by atoms with Gasteiger partial charge in [0.1, 0.15) is 0 Å². The molecular weight excluding hydrogens is 406 g/mol. The molecule has 1 fully saturated rings. The highest BCUT2D eigenvalue weighted by atomic mass is 32.1. The largest absolute Gasteiger partial charge is 0.338 e. The number of thiophene rings is 1. The van der Waals surface area contributed by atoms with Crippen molar-refractivity contribution in [3.8, 4) is 6.19 Å². The third-order valence-electron chi connectivity index (χ3n) is 5.44. The Hall–Kier alpha value is -3.63. The molecule has 2 heterocycles. The highest BCUT2D eigenvalue weighted by Crippen LogP contribution is 2.28. The Kier molecular flexibility index (Phi) is 6.29. The zero-order valence-corrected chi connectivity index (χ0v) is 18.0. The van der Waals surface area contributed by atoms with Crippen LogP contribution in [0.4, 0.5) is 5.69 Å². The summed E-state index contributed by atoms with van der Waals surface area (Å²) in [7, 11) is 0. The van der Waals surface area contributed by atoms with Crippen LogP contribution in [0.15, 0.2) is 76.4 Å². The smallest absolute Gasteiger partial charge is 0.255 e. The fourth-order valence-corrected chi connectivity index (χ4v) is 4.42. The maximum atomic E-state index is 13.2. The molecule has 4 rings (SSSR count). The maximum absolute atomic E-state index is 13.2. The van der Waals surface area contributed by atoms with E-state index >= 15 is 0 Å². The quantitative estimate of drug-likeness (QED) is 0.378. The van der Waals surface area contributed by atoms with Gasteiger partial charge in [0.25, 0.3) is 5.91 Å². The number of rotatable bonds is 3. The van der Waals surface area contributed by atoms with Gasteiger partial charge in [-0.15, -0.1) is 4.99 Å². The van der Waals surface area contributed by atoms with Gasteiger partial charge in [0, 0.05) is 30.7 Å². The van der Waals surface area contributed by atoms with E-state index in [0.29, 0.717) is 31.2 Å². The second kappa shape index (κ2) is 9.45. The first-order valence-corrected chi connectivity index (χ1v) is 11.0. The van der Waals surface area contributed by atoms with Gasteiger partial charge in [-0.05, 0) is 35.6 Å². The lowest BCUT2D eigenvalue weighted by molar-refractivity contribution is 0.0551. The molecule has 3 aromatic rings. The van der Waals surface area contributed by atoms with Crippen molar-refractivity contribution in [3.63, 3.8) is 0 Å². The Labute approximate surface area is 186 Å². The van der Waals surface area contributed by atoms with Crippen LogP contribution in [0.5, 0.6) is 0 Å². The van der Waals surface area contributed by atoms with Crippen LogP contribution in [0.3, 0.4) is 0 Å². The molecule has 31 heavy (non-hydrogen) atoms. The molecule has 1 aromatic heterocycles. The number of guanidine groups is 1. The number of hydrogen-bond acceptors (Lipinski definition) is 4. The third-order valence-corrected chi connectivity index (χ3v) is 6.12. The van der Waals surface area contributed by atoms with E-state index in [-0.39, 0.29) is 11.9 Å². The Balaban J connectivity index is 1.62. The number of amides is 1. The van der Waals surface area contributed by atoms with Crippen LogP contribution in [0, 0.1) is 18.4 Å². The summed E-state index contributed by atoms with van der Waals surface area (Å²) >= 11 is 1.52. The molecule has 156 valence electrons. The summed E-state index contributed by atoms with van der Waals surface area (Å²) in [5, 5.41) is 16.4. The number of hydrogen-bond donors (Lipinski definition) is 1. The number of nitrogens with zero attached hydrogens (tertiary/aromatic N) is 4. The van der Waals surface area contributed by atoms with Crippen LogP contribution in [0.25, 0.3) is 0 Å². The summed E-state index contributed by atoms with van der Waals surface area (Å²) in [4.78, 5) is 21.2. The van der Waals surface area contributed by atoms with E-state index in [1.165, 1.54) is 11.3 Å². The van der Waals surface area contributed by atoms with Crippen molar-refractivity contribution in [3.05, 3.63) is 88.1 Å². The SMILES string of the molecule is Cc1ccccc1N/C(=N/C#N)N1CCN(C(=O)c2ccsc2)C(c2ccccc2)C1. The van der Waals surface area contributed by atoms with Gasteiger partial charge < -0.3 is 15.1 Å². The number of para-hydroxylation sites is 1. The van der Waals surface area contributed by atoms with Crippen molar-refractivity contribution in [1.82, 2.24) is 9.80 Å². The molecule has 1 aliphatic heterocycles. The maximum Gasteiger partial charge on any atom is 0.255 e. The Bertz CT molecular complexity index is 1100. The number of piperazine rings is 1. The standard InChI is InChI=1S/C24H23N5OS/c1-18-7-5-6-10-21(18)27-24(26-17-25)28-12-13-29(23(30)20-11-14-31-16-20)22(15-28)19-8-3-2-4-9-19/h2-11,14,16,22H,12-13,15H2,1H3,(H,26,27). The normalized spacial score (nSPS) is 16.6. The molecule has 2 aromatic carbocycles. The molecule has 0 bridgehead atoms. The first kappa shape index (κ1) is 20.6. The van der Waals surface area contributed by atoms with E-state index in [4.69, 9.17) is 0 Å². The minimum absolute atomic E-state index is 0.0281. The fraction of sp³-hybridized carbons (Fsp3) is 0.208. The van der Waals surface area contributed by atoms with E-state index in [1.54, 1.807) is 0 Å².